The molecular weight excluding hydrogens is 192 g/mol. The first kappa shape index (κ1) is 8.12. The van der Waals surface area contributed by atoms with Crippen LogP contribution in [0.4, 0.5) is 5.69 Å². The molecule has 3 heteroatoms. The van der Waals surface area contributed by atoms with Crippen molar-refractivity contribution in [3.63, 3.8) is 0 Å². The van der Waals surface area contributed by atoms with Crippen molar-refractivity contribution in [2.45, 2.75) is 11.3 Å². The number of nitrogen functional groups attached to an aromatic ring is 1. The molecule has 0 fully saturated rings. The number of nitrogens with two attached hydrogens (primary N) is 1. The first-order chi connectivity index (χ1) is 6.86. The van der Waals surface area contributed by atoms with Crippen LogP contribution in [-0.2, 0) is 6.42 Å². The molecule has 0 atom stereocenters. The van der Waals surface area contributed by atoms with E-state index in [1.54, 1.807) is 0 Å². The van der Waals surface area contributed by atoms with E-state index in [9.17, 15) is 0 Å². The highest BCUT2D eigenvalue weighted by Crippen LogP contribution is 2.38. The molecule has 0 amide bonds. The Kier molecular flexibility index (Phi) is 1.67. The van der Waals surface area contributed by atoms with E-state index in [1.807, 2.05) is 24.3 Å². The zero-order valence-corrected chi connectivity index (χ0v) is 8.59. The lowest BCUT2D eigenvalue weighted by molar-refractivity contribution is 1.05. The van der Waals surface area contributed by atoms with Crippen LogP contribution in [0.5, 0.6) is 0 Å². The number of para-hydroxylation sites is 1. The average molecular weight is 203 g/mol. The van der Waals surface area contributed by atoms with Gasteiger partial charge in [-0.3, -0.25) is 4.98 Å². The van der Waals surface area contributed by atoms with Gasteiger partial charge in [-0.05, 0) is 18.2 Å². The predicted octanol–water partition coefficient (Wildman–Crippen LogP) is 2.20. The maximum atomic E-state index is 6.12. The SMILES string of the molecule is Nc1c2c(nc3ccccc13)CC[SH]2. The summed E-state index contributed by atoms with van der Waals surface area (Å²) in [6.07, 6.45) is 1.08. The number of aromatic nitrogens is 1. The van der Waals surface area contributed by atoms with Crippen molar-refractivity contribution in [2.24, 2.45) is 0 Å². The average Bonchev–Trinajstić information content (AvgIpc) is 2.66. The molecule has 2 nitrogen and oxygen atoms in total. The number of anilines is 1. The standard InChI is InChI=1S/C11H11N2S/c12-10-7-3-1-2-4-8(7)13-9-5-6-14-11(9)10/h1-4,14H,5-6H2,(H2,12,13). The fraction of sp³-hybridized carbons (Fsp3) is 0.182. The number of pyridine rings is 1. The van der Waals surface area contributed by atoms with Crippen LogP contribution < -0.4 is 5.73 Å². The first-order valence-corrected chi connectivity index (χ1v) is 5.79. The van der Waals surface area contributed by atoms with Gasteiger partial charge in [0.25, 0.3) is 0 Å². The number of aryl methyl sites for hydroxylation is 1. The van der Waals surface area contributed by atoms with Gasteiger partial charge < -0.3 is 5.73 Å². The molecule has 14 heavy (non-hydrogen) atoms. The van der Waals surface area contributed by atoms with Crippen LogP contribution in [0.1, 0.15) is 5.69 Å². The Morgan fingerprint density at radius 3 is 3.07 bits per heavy atom. The molecule has 0 unspecified atom stereocenters. The van der Waals surface area contributed by atoms with Crippen LogP contribution in [0.3, 0.4) is 0 Å². The zero-order valence-electron chi connectivity index (χ0n) is 7.70. The fourth-order valence-corrected chi connectivity index (χ4v) is 3.09. The highest BCUT2D eigenvalue weighted by molar-refractivity contribution is 7.99. The topological polar surface area (TPSA) is 38.9 Å². The molecule has 3 rings (SSSR count). The first-order valence-electron chi connectivity index (χ1n) is 4.71. The predicted molar refractivity (Wildman–Crippen MR) is 62.0 cm³/mol. The second-order valence-corrected chi connectivity index (χ2v) is 4.68. The molecular formula is C11H11N2S. The monoisotopic (exact) mass is 203 g/mol. The Morgan fingerprint density at radius 2 is 2.14 bits per heavy atom. The second kappa shape index (κ2) is 2.89. The van der Waals surface area contributed by atoms with E-state index in [-0.39, 0.29) is 0 Å². The summed E-state index contributed by atoms with van der Waals surface area (Å²) in [6, 6.07) is 8.10. The number of thiol groups is 1. The summed E-state index contributed by atoms with van der Waals surface area (Å²) in [5.41, 5.74) is 9.28. The number of hydrogen-bond acceptors (Lipinski definition) is 2. The van der Waals surface area contributed by atoms with Gasteiger partial charge in [-0.1, -0.05) is 18.2 Å². The van der Waals surface area contributed by atoms with E-state index in [0.29, 0.717) is 0 Å². The molecule has 2 N–H and O–H groups in total. The van der Waals surface area contributed by atoms with Gasteiger partial charge in [-0.15, -0.1) is 0 Å². The Hall–Kier alpha value is -1.22. The van der Waals surface area contributed by atoms with Crippen molar-refractivity contribution >= 4 is 28.4 Å². The lowest BCUT2D eigenvalue weighted by Gasteiger charge is -2.06. The minimum absolute atomic E-state index is 0.935. The highest BCUT2D eigenvalue weighted by Gasteiger charge is 2.16. The molecule has 1 aliphatic heterocycles. The van der Waals surface area contributed by atoms with Gasteiger partial charge in [0.2, 0.25) is 0 Å². The maximum Gasteiger partial charge on any atom is 0.0726 e. The number of rotatable bonds is 0. The van der Waals surface area contributed by atoms with Crippen LogP contribution >= 0.6 is 11.8 Å². The van der Waals surface area contributed by atoms with Crippen molar-refractivity contribution in [3.05, 3.63) is 30.0 Å². The molecule has 0 bridgehead atoms. The molecule has 0 aliphatic carbocycles. The van der Waals surface area contributed by atoms with Crippen molar-refractivity contribution in [1.29, 1.82) is 0 Å². The third-order valence-electron chi connectivity index (χ3n) is 2.60. The molecule has 0 saturated heterocycles. The van der Waals surface area contributed by atoms with E-state index >= 15 is 0 Å². The Bertz CT molecular complexity index is 508. The van der Waals surface area contributed by atoms with Gasteiger partial charge in [0.05, 0.1) is 16.9 Å². The van der Waals surface area contributed by atoms with Crippen LogP contribution in [0, 0.1) is 0 Å². The number of nitrogens with zero attached hydrogens (tertiary/aromatic N) is 1. The summed E-state index contributed by atoms with van der Waals surface area (Å²) in [5.74, 6) is 1.17. The third-order valence-corrected chi connectivity index (χ3v) is 3.86. The van der Waals surface area contributed by atoms with Crippen molar-refractivity contribution in [2.75, 3.05) is 11.5 Å². The summed E-state index contributed by atoms with van der Waals surface area (Å²) in [6.45, 7) is 0. The Balaban J connectivity index is 2.44. The maximum absolute atomic E-state index is 6.12. The molecule has 1 aliphatic rings. The summed E-state index contributed by atoms with van der Waals surface area (Å²) in [7, 11) is 0. The molecule has 71 valence electrons. The summed E-state index contributed by atoms with van der Waals surface area (Å²) >= 11 is 1.34. The van der Waals surface area contributed by atoms with Crippen molar-refractivity contribution in [3.8, 4) is 0 Å². The van der Waals surface area contributed by atoms with Gasteiger partial charge in [0.1, 0.15) is 0 Å². The van der Waals surface area contributed by atoms with Gasteiger partial charge in [0, 0.05) is 10.3 Å². The van der Waals surface area contributed by atoms with E-state index in [1.165, 1.54) is 28.1 Å². The largest absolute Gasteiger partial charge is 0.397 e. The van der Waals surface area contributed by atoms with Crippen LogP contribution in [0.15, 0.2) is 29.2 Å². The quantitative estimate of drug-likeness (QED) is 0.644. The zero-order chi connectivity index (χ0) is 9.54. The minimum atomic E-state index is 0.935. The normalized spacial score (nSPS) is 14.6. The van der Waals surface area contributed by atoms with Gasteiger partial charge in [0.15, 0.2) is 0 Å². The minimum Gasteiger partial charge on any atom is -0.397 e. The number of fused-ring (bicyclic) bond motifs is 2. The fourth-order valence-electron chi connectivity index (χ4n) is 1.90. The van der Waals surface area contributed by atoms with Gasteiger partial charge in [-0.25, -0.2) is 0 Å². The molecule has 0 spiro atoms. The second-order valence-electron chi connectivity index (χ2n) is 3.47. The number of hydrogen-bond donors (Lipinski definition) is 2. The van der Waals surface area contributed by atoms with E-state index < -0.39 is 0 Å². The molecule has 2 aromatic rings. The van der Waals surface area contributed by atoms with Crippen LogP contribution in [-0.4, -0.2) is 10.7 Å². The number of benzene rings is 1. The summed E-state index contributed by atoms with van der Waals surface area (Å²) in [5, 5.41) is 1.10. The van der Waals surface area contributed by atoms with Crippen molar-refractivity contribution in [1.82, 2.24) is 4.98 Å². The Labute approximate surface area is 86.5 Å². The van der Waals surface area contributed by atoms with Crippen LogP contribution in [0.25, 0.3) is 10.9 Å². The summed E-state index contributed by atoms with van der Waals surface area (Å²) in [4.78, 5) is 5.88. The van der Waals surface area contributed by atoms with Crippen molar-refractivity contribution < 1.29 is 0 Å². The van der Waals surface area contributed by atoms with Gasteiger partial charge in [-0.2, -0.15) is 11.8 Å². The van der Waals surface area contributed by atoms with E-state index in [2.05, 4.69) is 4.98 Å². The molecule has 2 heterocycles. The summed E-state index contributed by atoms with van der Waals surface area (Å²) < 4.78 is 0. The smallest absolute Gasteiger partial charge is 0.0726 e. The highest BCUT2D eigenvalue weighted by atomic mass is 32.2. The molecule has 1 aromatic carbocycles. The lowest BCUT2D eigenvalue weighted by Crippen LogP contribution is -1.95. The van der Waals surface area contributed by atoms with Crippen LogP contribution in [0.2, 0.25) is 0 Å². The lowest BCUT2D eigenvalue weighted by atomic mass is 10.1. The van der Waals surface area contributed by atoms with E-state index in [4.69, 9.17) is 5.73 Å². The third kappa shape index (κ3) is 1.02. The molecule has 1 aromatic heterocycles. The molecule has 1 radical (unpaired) electrons. The van der Waals surface area contributed by atoms with Gasteiger partial charge >= 0.3 is 0 Å². The Morgan fingerprint density at radius 1 is 1.29 bits per heavy atom. The molecule has 0 saturated carbocycles. The van der Waals surface area contributed by atoms with E-state index in [0.717, 1.165) is 23.0 Å².